The normalized spacial score (nSPS) is 16.0. The number of amides is 1. The Bertz CT molecular complexity index is 725. The van der Waals surface area contributed by atoms with Crippen molar-refractivity contribution in [2.45, 2.75) is 31.5 Å². The Balaban J connectivity index is 0.00000512. The van der Waals surface area contributed by atoms with Crippen molar-refractivity contribution < 1.29 is 22.7 Å². The maximum atomic E-state index is 12.5. The van der Waals surface area contributed by atoms with E-state index in [2.05, 4.69) is 20.5 Å². The van der Waals surface area contributed by atoms with Gasteiger partial charge in [0.2, 0.25) is 5.91 Å². The van der Waals surface area contributed by atoms with Gasteiger partial charge in [-0.15, -0.1) is 24.0 Å². The maximum absolute atomic E-state index is 12.5. The molecule has 1 unspecified atom stereocenters. The highest BCUT2D eigenvalue weighted by molar-refractivity contribution is 14.0. The Morgan fingerprint density at radius 1 is 1.19 bits per heavy atom. The molecule has 0 aromatic heterocycles. The number of benzene rings is 1. The first kappa shape index (κ1) is 28.3. The number of piperidine rings is 1. The van der Waals surface area contributed by atoms with E-state index in [9.17, 15) is 18.0 Å². The number of ether oxygens (including phenoxy) is 1. The van der Waals surface area contributed by atoms with Gasteiger partial charge in [-0.05, 0) is 43.6 Å². The number of carbonyl (C=O) groups is 1. The molecule has 2 rings (SSSR count). The average molecular weight is 571 g/mol. The van der Waals surface area contributed by atoms with E-state index in [1.54, 1.807) is 14.2 Å². The summed E-state index contributed by atoms with van der Waals surface area (Å²) < 4.78 is 42.6. The topological polar surface area (TPSA) is 69.2 Å². The van der Waals surface area contributed by atoms with E-state index >= 15 is 0 Å². The van der Waals surface area contributed by atoms with E-state index in [0.29, 0.717) is 17.4 Å². The standard InChI is InChI=1S/C21H32F3N5O2.HI/c1-25-20(27-14-19(30)28(2)15-21(22,23)24)26-13-18(29-11-5-4-6-12-29)16-7-9-17(31-3)10-8-16;/h7-10,18H,4-6,11-15H2,1-3H3,(H2,25,26,27);1H. The number of hydrogen-bond donors (Lipinski definition) is 2. The van der Waals surface area contributed by atoms with Crippen LogP contribution >= 0.6 is 24.0 Å². The zero-order valence-electron chi connectivity index (χ0n) is 18.7. The highest BCUT2D eigenvalue weighted by atomic mass is 127. The Morgan fingerprint density at radius 3 is 2.34 bits per heavy atom. The molecule has 1 aromatic carbocycles. The summed E-state index contributed by atoms with van der Waals surface area (Å²) in [4.78, 5) is 19.1. The maximum Gasteiger partial charge on any atom is 0.406 e. The van der Waals surface area contributed by atoms with E-state index in [1.807, 2.05) is 24.3 Å². The molecule has 0 spiro atoms. The summed E-state index contributed by atoms with van der Waals surface area (Å²) in [5.74, 6) is 0.486. The zero-order chi connectivity index (χ0) is 22.9. The number of likely N-dealkylation sites (tertiary alicyclic amines) is 1. The molecule has 32 heavy (non-hydrogen) atoms. The van der Waals surface area contributed by atoms with Crippen LogP contribution in [0.1, 0.15) is 30.9 Å². The molecule has 0 aliphatic carbocycles. The van der Waals surface area contributed by atoms with Crippen LogP contribution in [-0.4, -0.2) is 81.8 Å². The monoisotopic (exact) mass is 571 g/mol. The van der Waals surface area contributed by atoms with Gasteiger partial charge in [0.1, 0.15) is 12.3 Å². The third-order valence-electron chi connectivity index (χ3n) is 5.27. The lowest BCUT2D eigenvalue weighted by Gasteiger charge is -2.35. The van der Waals surface area contributed by atoms with Crippen molar-refractivity contribution in [2.24, 2.45) is 4.99 Å². The number of hydrogen-bond acceptors (Lipinski definition) is 4. The number of aliphatic imine (C=N–C) groups is 1. The van der Waals surface area contributed by atoms with Crippen molar-refractivity contribution in [2.75, 3.05) is 53.9 Å². The van der Waals surface area contributed by atoms with E-state index in [0.717, 1.165) is 44.3 Å². The summed E-state index contributed by atoms with van der Waals surface area (Å²) >= 11 is 0. The fourth-order valence-electron chi connectivity index (χ4n) is 3.58. The molecule has 182 valence electrons. The highest BCUT2D eigenvalue weighted by Crippen LogP contribution is 2.25. The van der Waals surface area contributed by atoms with Crippen LogP contribution in [-0.2, 0) is 4.79 Å². The first-order valence-corrected chi connectivity index (χ1v) is 10.4. The molecule has 1 saturated heterocycles. The average Bonchev–Trinajstić information content (AvgIpc) is 2.75. The molecule has 1 fully saturated rings. The minimum absolute atomic E-state index is 0. The van der Waals surface area contributed by atoms with Crippen LogP contribution < -0.4 is 15.4 Å². The lowest BCUT2D eigenvalue weighted by molar-refractivity contribution is -0.157. The van der Waals surface area contributed by atoms with Crippen LogP contribution in [0, 0.1) is 0 Å². The first-order chi connectivity index (χ1) is 14.7. The summed E-state index contributed by atoms with van der Waals surface area (Å²) in [5, 5.41) is 6.02. The van der Waals surface area contributed by atoms with Crippen LogP contribution in [0.2, 0.25) is 0 Å². The number of nitrogens with zero attached hydrogens (tertiary/aromatic N) is 3. The Morgan fingerprint density at radius 2 is 1.81 bits per heavy atom. The van der Waals surface area contributed by atoms with Crippen LogP contribution in [0.25, 0.3) is 0 Å². The fourth-order valence-corrected chi connectivity index (χ4v) is 3.58. The molecule has 2 N–H and O–H groups in total. The molecule has 1 atom stereocenters. The molecule has 0 bridgehead atoms. The van der Waals surface area contributed by atoms with Crippen molar-refractivity contribution in [3.05, 3.63) is 29.8 Å². The number of methoxy groups -OCH3 is 1. The van der Waals surface area contributed by atoms with Crippen LogP contribution in [0.5, 0.6) is 5.75 Å². The molecular formula is C21H33F3IN5O2. The number of alkyl halides is 3. The van der Waals surface area contributed by atoms with Gasteiger partial charge in [0, 0.05) is 20.6 Å². The summed E-state index contributed by atoms with van der Waals surface area (Å²) in [6, 6.07) is 8.01. The van der Waals surface area contributed by atoms with Crippen molar-refractivity contribution in [1.29, 1.82) is 0 Å². The molecule has 0 radical (unpaired) electrons. The van der Waals surface area contributed by atoms with Crippen LogP contribution in [0.15, 0.2) is 29.3 Å². The van der Waals surface area contributed by atoms with Crippen LogP contribution in [0.4, 0.5) is 13.2 Å². The van der Waals surface area contributed by atoms with Crippen molar-refractivity contribution in [3.63, 3.8) is 0 Å². The number of nitrogens with one attached hydrogen (secondary N) is 2. The lowest BCUT2D eigenvalue weighted by Crippen LogP contribution is -2.48. The second-order valence-corrected chi connectivity index (χ2v) is 7.56. The lowest BCUT2D eigenvalue weighted by atomic mass is 10.0. The molecule has 0 saturated carbocycles. The summed E-state index contributed by atoms with van der Waals surface area (Å²) in [5.41, 5.74) is 1.13. The molecule has 11 heteroatoms. The Hall–Kier alpha value is -1.76. The third kappa shape index (κ3) is 9.39. The first-order valence-electron chi connectivity index (χ1n) is 10.4. The van der Waals surface area contributed by atoms with Gasteiger partial charge >= 0.3 is 6.18 Å². The van der Waals surface area contributed by atoms with Gasteiger partial charge < -0.3 is 20.3 Å². The number of likely N-dealkylation sites (N-methyl/N-ethyl adjacent to an activating group) is 1. The Labute approximate surface area is 204 Å². The second-order valence-electron chi connectivity index (χ2n) is 7.56. The predicted molar refractivity (Wildman–Crippen MR) is 130 cm³/mol. The van der Waals surface area contributed by atoms with E-state index in [1.165, 1.54) is 6.42 Å². The summed E-state index contributed by atoms with van der Waals surface area (Å²) in [6.07, 6.45) is -0.931. The van der Waals surface area contributed by atoms with E-state index in [4.69, 9.17) is 4.74 Å². The minimum Gasteiger partial charge on any atom is -0.497 e. The number of rotatable bonds is 8. The van der Waals surface area contributed by atoms with Gasteiger partial charge in [-0.2, -0.15) is 13.2 Å². The summed E-state index contributed by atoms with van der Waals surface area (Å²) in [6.45, 7) is 0.964. The predicted octanol–water partition coefficient (Wildman–Crippen LogP) is 3.03. The zero-order valence-corrected chi connectivity index (χ0v) is 21.1. The number of carbonyl (C=O) groups excluding carboxylic acids is 1. The van der Waals surface area contributed by atoms with Gasteiger partial charge in [-0.3, -0.25) is 14.7 Å². The minimum atomic E-state index is -4.43. The van der Waals surface area contributed by atoms with Gasteiger partial charge in [-0.1, -0.05) is 18.6 Å². The molecule has 1 heterocycles. The number of guanidine groups is 1. The summed E-state index contributed by atoms with van der Waals surface area (Å²) in [7, 11) is 4.31. The van der Waals surface area contributed by atoms with Gasteiger partial charge in [-0.25, -0.2) is 0 Å². The van der Waals surface area contributed by atoms with Crippen molar-refractivity contribution >= 4 is 35.8 Å². The second kappa shape index (κ2) is 13.7. The largest absolute Gasteiger partial charge is 0.497 e. The van der Waals surface area contributed by atoms with E-state index in [-0.39, 0.29) is 36.6 Å². The molecule has 1 aliphatic rings. The fraction of sp³-hybridized carbons (Fsp3) is 0.619. The molecule has 1 amide bonds. The van der Waals surface area contributed by atoms with E-state index < -0.39 is 18.6 Å². The molecule has 1 aliphatic heterocycles. The molecule has 1 aromatic rings. The number of halogens is 4. The third-order valence-corrected chi connectivity index (χ3v) is 5.27. The van der Waals surface area contributed by atoms with Gasteiger partial charge in [0.05, 0.1) is 19.7 Å². The van der Waals surface area contributed by atoms with Crippen molar-refractivity contribution in [1.82, 2.24) is 20.4 Å². The van der Waals surface area contributed by atoms with Crippen molar-refractivity contribution in [3.8, 4) is 5.75 Å². The molecular weight excluding hydrogens is 538 g/mol. The molecule has 7 nitrogen and oxygen atoms in total. The van der Waals surface area contributed by atoms with Crippen LogP contribution in [0.3, 0.4) is 0 Å². The highest BCUT2D eigenvalue weighted by Gasteiger charge is 2.31. The Kier molecular flexibility index (Phi) is 12.1. The van der Waals surface area contributed by atoms with Gasteiger partial charge in [0.25, 0.3) is 0 Å². The van der Waals surface area contributed by atoms with Gasteiger partial charge in [0.15, 0.2) is 5.96 Å². The SMILES string of the molecule is CN=C(NCC(=O)N(C)CC(F)(F)F)NCC(c1ccc(OC)cc1)N1CCCCC1.I. The smallest absolute Gasteiger partial charge is 0.406 e. The quantitative estimate of drug-likeness (QED) is 0.286.